The van der Waals surface area contributed by atoms with Crippen molar-refractivity contribution in [3.05, 3.63) is 194 Å². The van der Waals surface area contributed by atoms with Crippen LogP contribution in [0.4, 0.5) is 17.1 Å². The molecule has 0 N–H and O–H groups in total. The molecule has 2 aliphatic rings. The summed E-state index contributed by atoms with van der Waals surface area (Å²) in [6, 6.07) is 58.1. The lowest BCUT2D eigenvalue weighted by molar-refractivity contribution is 0.802. The normalized spacial score (nSPS) is 15.7. The van der Waals surface area contributed by atoms with E-state index < -0.39 is 0 Å². The summed E-state index contributed by atoms with van der Waals surface area (Å²) in [5, 5.41) is 2.65. The molecular formula is C44H31Br2N. The van der Waals surface area contributed by atoms with E-state index in [0.29, 0.717) is 5.92 Å². The molecule has 9 rings (SSSR count). The standard InChI is InChI=1S/C44H31Br2N/c45-33-15-19-35(20-16-33)47(36-21-17-34(46)18-22-36)37-23-24-39-30(25-37)27-40-38-14-8-7-9-29(38)26-41(40)43(39)42-28-44(42,31-10-3-1-4-11-31)32-12-5-2-6-13-32/h1-25,27,42H,26,28H2. The van der Waals surface area contributed by atoms with Crippen LogP contribution in [0.3, 0.4) is 0 Å². The average molecular weight is 734 g/mol. The first-order chi connectivity index (χ1) is 23.1. The van der Waals surface area contributed by atoms with Crippen molar-refractivity contribution in [3.8, 4) is 11.1 Å². The van der Waals surface area contributed by atoms with Crippen molar-refractivity contribution in [3.63, 3.8) is 0 Å². The molecule has 1 atom stereocenters. The van der Waals surface area contributed by atoms with Crippen molar-refractivity contribution in [1.29, 1.82) is 0 Å². The zero-order valence-corrected chi connectivity index (χ0v) is 28.9. The van der Waals surface area contributed by atoms with Crippen molar-refractivity contribution in [1.82, 2.24) is 0 Å². The van der Waals surface area contributed by atoms with E-state index >= 15 is 0 Å². The van der Waals surface area contributed by atoms with Crippen molar-refractivity contribution < 1.29 is 0 Å². The van der Waals surface area contributed by atoms with Crippen LogP contribution in [-0.4, -0.2) is 0 Å². The molecular weight excluding hydrogens is 702 g/mol. The largest absolute Gasteiger partial charge is 0.310 e. The van der Waals surface area contributed by atoms with Gasteiger partial charge in [0.1, 0.15) is 0 Å². The summed E-state index contributed by atoms with van der Waals surface area (Å²) < 4.78 is 2.14. The monoisotopic (exact) mass is 731 g/mol. The highest BCUT2D eigenvalue weighted by atomic mass is 79.9. The van der Waals surface area contributed by atoms with Gasteiger partial charge in [-0.15, -0.1) is 0 Å². The second-order valence-electron chi connectivity index (χ2n) is 12.8. The second kappa shape index (κ2) is 11.4. The number of hydrogen-bond acceptors (Lipinski definition) is 1. The topological polar surface area (TPSA) is 3.24 Å². The Bertz CT molecular complexity index is 2170. The summed E-state index contributed by atoms with van der Waals surface area (Å²) in [6.45, 7) is 0. The van der Waals surface area contributed by atoms with Gasteiger partial charge in [0.05, 0.1) is 0 Å². The van der Waals surface area contributed by atoms with Crippen LogP contribution in [0.25, 0.3) is 21.9 Å². The summed E-state index contributed by atoms with van der Waals surface area (Å²) in [5.74, 6) is 0.388. The third-order valence-corrected chi connectivity index (χ3v) is 11.3. The van der Waals surface area contributed by atoms with Crippen molar-refractivity contribution in [2.24, 2.45) is 0 Å². The second-order valence-corrected chi connectivity index (χ2v) is 14.6. The number of nitrogens with zero attached hydrogens (tertiary/aromatic N) is 1. The van der Waals surface area contributed by atoms with Crippen LogP contribution in [0.15, 0.2) is 167 Å². The molecule has 0 radical (unpaired) electrons. The first-order valence-electron chi connectivity index (χ1n) is 16.2. The molecule has 226 valence electrons. The van der Waals surface area contributed by atoms with Crippen molar-refractivity contribution in [2.75, 3.05) is 4.90 Å². The molecule has 0 saturated heterocycles. The van der Waals surface area contributed by atoms with Crippen LogP contribution in [0.5, 0.6) is 0 Å². The first kappa shape index (κ1) is 28.8. The van der Waals surface area contributed by atoms with Crippen LogP contribution in [-0.2, 0) is 11.8 Å². The fraction of sp³-hybridized carbons (Fsp3) is 0.0909. The molecule has 0 bridgehead atoms. The molecule has 1 fully saturated rings. The predicted octanol–water partition coefficient (Wildman–Crippen LogP) is 12.9. The lowest BCUT2D eigenvalue weighted by Gasteiger charge is -2.27. The molecule has 0 heterocycles. The third-order valence-electron chi connectivity index (χ3n) is 10.3. The molecule has 1 nitrogen and oxygen atoms in total. The van der Waals surface area contributed by atoms with Gasteiger partial charge >= 0.3 is 0 Å². The number of rotatable bonds is 6. The van der Waals surface area contributed by atoms with Crippen LogP contribution in [0.2, 0.25) is 0 Å². The highest BCUT2D eigenvalue weighted by Gasteiger charge is 2.58. The van der Waals surface area contributed by atoms with E-state index in [1.165, 1.54) is 49.7 Å². The van der Waals surface area contributed by atoms with Gasteiger partial charge in [0.2, 0.25) is 0 Å². The van der Waals surface area contributed by atoms with Crippen molar-refractivity contribution >= 4 is 59.7 Å². The minimum atomic E-state index is -0.0428. The van der Waals surface area contributed by atoms with Crippen LogP contribution in [0, 0.1) is 0 Å². The number of benzene rings is 7. The van der Waals surface area contributed by atoms with Gasteiger partial charge in [0.25, 0.3) is 0 Å². The third kappa shape index (κ3) is 4.79. The number of fused-ring (bicyclic) bond motifs is 4. The molecule has 3 heteroatoms. The Labute approximate surface area is 292 Å². The van der Waals surface area contributed by atoms with E-state index in [1.54, 1.807) is 0 Å². The van der Waals surface area contributed by atoms with E-state index in [-0.39, 0.29) is 5.41 Å². The quantitative estimate of drug-likeness (QED) is 0.164. The van der Waals surface area contributed by atoms with Gasteiger partial charge in [-0.25, -0.2) is 0 Å². The number of hydrogen-bond donors (Lipinski definition) is 0. The molecule has 1 unspecified atom stereocenters. The smallest absolute Gasteiger partial charge is 0.0468 e. The maximum absolute atomic E-state index is 3.64. The lowest BCUT2D eigenvalue weighted by Crippen LogP contribution is -2.13. The highest BCUT2D eigenvalue weighted by molar-refractivity contribution is 9.10. The van der Waals surface area contributed by atoms with E-state index in [0.717, 1.165) is 38.8 Å². The fourth-order valence-electron chi connectivity index (χ4n) is 8.08. The van der Waals surface area contributed by atoms with Gasteiger partial charge in [-0.1, -0.05) is 123 Å². The molecule has 7 aromatic rings. The average Bonchev–Trinajstić information content (AvgIpc) is 3.76. The minimum Gasteiger partial charge on any atom is -0.310 e. The summed E-state index contributed by atoms with van der Waals surface area (Å²) in [4.78, 5) is 2.36. The zero-order valence-electron chi connectivity index (χ0n) is 25.7. The maximum atomic E-state index is 3.64. The molecule has 1 saturated carbocycles. The van der Waals surface area contributed by atoms with E-state index in [1.807, 2.05) is 0 Å². The Balaban J connectivity index is 1.27. The van der Waals surface area contributed by atoms with Gasteiger partial charge in [-0.3, -0.25) is 0 Å². The Morgan fingerprint density at radius 2 is 1.09 bits per heavy atom. The van der Waals surface area contributed by atoms with Crippen molar-refractivity contribution in [2.45, 2.75) is 24.2 Å². The SMILES string of the molecule is Brc1ccc(N(c2ccc(Br)cc2)c2ccc3c(C4CC4(c4ccccc4)c4ccccc4)c4c(cc3c2)-c2ccccc2C4)cc1. The number of halogens is 2. The Morgan fingerprint density at radius 3 is 1.70 bits per heavy atom. The van der Waals surface area contributed by atoms with Gasteiger partial charge in [0.15, 0.2) is 0 Å². The summed E-state index contributed by atoms with van der Waals surface area (Å²) in [7, 11) is 0. The minimum absolute atomic E-state index is 0.0428. The fourth-order valence-corrected chi connectivity index (χ4v) is 8.60. The van der Waals surface area contributed by atoms with Gasteiger partial charge in [-0.2, -0.15) is 0 Å². The number of anilines is 3. The molecule has 0 aromatic heterocycles. The first-order valence-corrected chi connectivity index (χ1v) is 17.8. The van der Waals surface area contributed by atoms with E-state index in [9.17, 15) is 0 Å². The van der Waals surface area contributed by atoms with Gasteiger partial charge in [-0.05, 0) is 135 Å². The predicted molar refractivity (Wildman–Crippen MR) is 203 cm³/mol. The summed E-state index contributed by atoms with van der Waals surface area (Å²) in [5.41, 5.74) is 13.4. The van der Waals surface area contributed by atoms with E-state index in [4.69, 9.17) is 0 Å². The molecule has 2 aliphatic carbocycles. The highest BCUT2D eigenvalue weighted by Crippen LogP contribution is 2.66. The van der Waals surface area contributed by atoms with Gasteiger partial charge < -0.3 is 4.90 Å². The van der Waals surface area contributed by atoms with Crippen LogP contribution >= 0.6 is 31.9 Å². The molecule has 0 spiro atoms. The molecule has 47 heavy (non-hydrogen) atoms. The summed E-state index contributed by atoms with van der Waals surface area (Å²) in [6.07, 6.45) is 2.09. The van der Waals surface area contributed by atoms with Gasteiger partial charge in [0, 0.05) is 31.4 Å². The maximum Gasteiger partial charge on any atom is 0.0468 e. The Hall–Kier alpha value is -4.44. The Morgan fingerprint density at radius 1 is 0.532 bits per heavy atom. The molecule has 7 aromatic carbocycles. The van der Waals surface area contributed by atoms with Crippen LogP contribution < -0.4 is 4.90 Å². The van der Waals surface area contributed by atoms with Crippen LogP contribution in [0.1, 0.15) is 40.2 Å². The zero-order chi connectivity index (χ0) is 31.5. The molecule has 0 aliphatic heterocycles. The Kier molecular flexibility index (Phi) is 6.95. The summed E-state index contributed by atoms with van der Waals surface area (Å²) >= 11 is 7.27. The lowest BCUT2D eigenvalue weighted by atomic mass is 9.81. The van der Waals surface area contributed by atoms with E-state index in [2.05, 4.69) is 194 Å². The molecule has 0 amide bonds.